The number of phenolic OH excluding ortho intramolecular Hbond substituents is 1. The summed E-state index contributed by atoms with van der Waals surface area (Å²) in [4.78, 5) is 9.99. The van der Waals surface area contributed by atoms with Gasteiger partial charge in [-0.15, -0.1) is 12.4 Å². The number of non-ortho nitro benzene ring substituents is 1. The molecule has 0 aromatic heterocycles. The van der Waals surface area contributed by atoms with Crippen molar-refractivity contribution in [3.8, 4) is 5.75 Å². The molecule has 1 aromatic rings. The Morgan fingerprint density at radius 1 is 1.42 bits per heavy atom. The van der Waals surface area contributed by atoms with Crippen LogP contribution >= 0.6 is 12.4 Å². The maximum atomic E-state index is 13.4. The lowest BCUT2D eigenvalue weighted by molar-refractivity contribution is -0.385. The predicted molar refractivity (Wildman–Crippen MR) is 70.9 cm³/mol. The first-order chi connectivity index (χ1) is 8.50. The molecule has 19 heavy (non-hydrogen) atoms. The van der Waals surface area contributed by atoms with E-state index >= 15 is 0 Å². The molecule has 0 bridgehead atoms. The van der Waals surface area contributed by atoms with Crippen LogP contribution in [-0.2, 0) is 0 Å². The molecule has 3 N–H and O–H groups in total. The Bertz CT molecular complexity index is 478. The average Bonchev–Trinajstić information content (AvgIpc) is 2.85. The van der Waals surface area contributed by atoms with Crippen LogP contribution in [0.2, 0.25) is 0 Å². The van der Waals surface area contributed by atoms with Gasteiger partial charge in [0.1, 0.15) is 0 Å². The van der Waals surface area contributed by atoms with E-state index in [4.69, 9.17) is 5.73 Å². The summed E-state index contributed by atoms with van der Waals surface area (Å²) in [5.74, 6) is -1.41. The third kappa shape index (κ3) is 3.13. The Kier molecular flexibility index (Phi) is 5.08. The summed E-state index contributed by atoms with van der Waals surface area (Å²) in [5, 5.41) is 20.3. The highest BCUT2D eigenvalue weighted by Gasteiger charge is 2.28. The van der Waals surface area contributed by atoms with Gasteiger partial charge in [0.2, 0.25) is 0 Å². The van der Waals surface area contributed by atoms with Crippen LogP contribution in [0.25, 0.3) is 0 Å². The molecule has 1 aliphatic carbocycles. The van der Waals surface area contributed by atoms with Crippen molar-refractivity contribution in [3.05, 3.63) is 33.6 Å². The van der Waals surface area contributed by atoms with Gasteiger partial charge in [-0.05, 0) is 18.8 Å². The molecule has 0 heterocycles. The number of hydrogen-bond donors (Lipinski definition) is 2. The second kappa shape index (κ2) is 6.16. The number of phenols is 1. The highest BCUT2D eigenvalue weighted by Crippen LogP contribution is 2.39. The zero-order valence-corrected chi connectivity index (χ0v) is 11.0. The van der Waals surface area contributed by atoms with E-state index in [9.17, 15) is 19.6 Å². The molecule has 0 spiro atoms. The van der Waals surface area contributed by atoms with Crippen LogP contribution in [0.5, 0.6) is 5.75 Å². The highest BCUT2D eigenvalue weighted by atomic mass is 35.5. The Balaban J connectivity index is 0.00000180. The van der Waals surface area contributed by atoms with Crippen molar-refractivity contribution in [3.63, 3.8) is 0 Å². The van der Waals surface area contributed by atoms with Gasteiger partial charge in [0.25, 0.3) is 5.69 Å². The van der Waals surface area contributed by atoms with Gasteiger partial charge in [0, 0.05) is 17.7 Å². The molecule has 0 radical (unpaired) electrons. The van der Waals surface area contributed by atoms with Crippen molar-refractivity contribution >= 4 is 18.1 Å². The van der Waals surface area contributed by atoms with E-state index in [0.29, 0.717) is 6.07 Å². The molecule has 1 aromatic carbocycles. The number of nitrogens with zero attached hydrogens (tertiary/aromatic N) is 1. The van der Waals surface area contributed by atoms with Crippen LogP contribution in [0.1, 0.15) is 37.3 Å². The highest BCUT2D eigenvalue weighted by molar-refractivity contribution is 5.85. The van der Waals surface area contributed by atoms with Crippen LogP contribution < -0.4 is 5.73 Å². The van der Waals surface area contributed by atoms with E-state index in [1.165, 1.54) is 6.07 Å². The number of nitro groups is 1. The second-order valence-electron chi connectivity index (χ2n) is 4.69. The SMILES string of the molecule is Cl.N[C@@H](c1cc([N+](=O)[O-])cc(F)c1O)C1CCCC1. The lowest BCUT2D eigenvalue weighted by Gasteiger charge is -2.20. The monoisotopic (exact) mass is 290 g/mol. The van der Waals surface area contributed by atoms with Gasteiger partial charge < -0.3 is 10.8 Å². The number of rotatable bonds is 3. The molecule has 1 atom stereocenters. The van der Waals surface area contributed by atoms with E-state index in [1.807, 2.05) is 0 Å². The van der Waals surface area contributed by atoms with Gasteiger partial charge in [0.15, 0.2) is 11.6 Å². The molecule has 0 saturated heterocycles. The van der Waals surface area contributed by atoms with Gasteiger partial charge in [-0.1, -0.05) is 12.8 Å². The summed E-state index contributed by atoms with van der Waals surface area (Å²) >= 11 is 0. The minimum atomic E-state index is -0.993. The number of hydrogen-bond acceptors (Lipinski definition) is 4. The molecule has 1 aliphatic rings. The largest absolute Gasteiger partial charge is 0.505 e. The molecule has 0 aliphatic heterocycles. The minimum absolute atomic E-state index is 0. The van der Waals surface area contributed by atoms with Crippen LogP contribution in [0.15, 0.2) is 12.1 Å². The summed E-state index contributed by atoms with van der Waals surface area (Å²) in [6.07, 6.45) is 3.92. The van der Waals surface area contributed by atoms with Crippen LogP contribution in [0.3, 0.4) is 0 Å². The zero-order chi connectivity index (χ0) is 13.3. The summed E-state index contributed by atoms with van der Waals surface area (Å²) in [7, 11) is 0. The van der Waals surface area contributed by atoms with E-state index in [2.05, 4.69) is 0 Å². The average molecular weight is 291 g/mol. The number of aromatic hydroxyl groups is 1. The van der Waals surface area contributed by atoms with Crippen LogP contribution in [0.4, 0.5) is 10.1 Å². The summed E-state index contributed by atoms with van der Waals surface area (Å²) in [6.45, 7) is 0. The summed E-state index contributed by atoms with van der Waals surface area (Å²) in [6, 6.07) is 1.32. The molecule has 2 rings (SSSR count). The summed E-state index contributed by atoms with van der Waals surface area (Å²) in [5.41, 5.74) is 5.74. The van der Waals surface area contributed by atoms with Gasteiger partial charge in [-0.2, -0.15) is 0 Å². The van der Waals surface area contributed by atoms with Crippen LogP contribution in [0, 0.1) is 21.8 Å². The zero-order valence-electron chi connectivity index (χ0n) is 10.2. The predicted octanol–water partition coefficient (Wildman–Crippen LogP) is 3.05. The second-order valence-corrected chi connectivity index (χ2v) is 4.69. The third-order valence-corrected chi connectivity index (χ3v) is 3.56. The van der Waals surface area contributed by atoms with Crippen molar-refractivity contribution < 1.29 is 14.4 Å². The van der Waals surface area contributed by atoms with Gasteiger partial charge in [-0.3, -0.25) is 10.1 Å². The van der Waals surface area contributed by atoms with Crippen molar-refractivity contribution in [2.45, 2.75) is 31.7 Å². The fraction of sp³-hybridized carbons (Fsp3) is 0.500. The number of nitro benzene ring substituents is 1. The Hall–Kier alpha value is -1.40. The van der Waals surface area contributed by atoms with Gasteiger partial charge in [0.05, 0.1) is 11.0 Å². The van der Waals surface area contributed by atoms with Crippen molar-refractivity contribution in [2.24, 2.45) is 11.7 Å². The maximum absolute atomic E-state index is 13.4. The molecule has 1 fully saturated rings. The topological polar surface area (TPSA) is 89.4 Å². The standard InChI is InChI=1S/C12H15FN2O3.ClH/c13-10-6-8(15(17)18)5-9(12(10)16)11(14)7-3-1-2-4-7;/h5-7,11,16H,1-4,14H2;1H/t11-;/m1./s1. The van der Waals surface area contributed by atoms with E-state index in [1.54, 1.807) is 0 Å². The number of nitrogens with two attached hydrogens (primary N) is 1. The number of halogens is 2. The first-order valence-electron chi connectivity index (χ1n) is 5.93. The quantitative estimate of drug-likeness (QED) is 0.661. The normalized spacial score (nSPS) is 16.9. The molecule has 0 amide bonds. The number of benzene rings is 1. The molecule has 0 unspecified atom stereocenters. The van der Waals surface area contributed by atoms with E-state index in [0.717, 1.165) is 25.7 Å². The Morgan fingerprint density at radius 3 is 2.53 bits per heavy atom. The van der Waals surface area contributed by atoms with Gasteiger partial charge >= 0.3 is 0 Å². The van der Waals surface area contributed by atoms with Gasteiger partial charge in [-0.25, -0.2) is 4.39 Å². The van der Waals surface area contributed by atoms with Crippen molar-refractivity contribution in [1.29, 1.82) is 0 Å². The summed E-state index contributed by atoms with van der Waals surface area (Å²) < 4.78 is 13.4. The van der Waals surface area contributed by atoms with Crippen LogP contribution in [-0.4, -0.2) is 10.0 Å². The molecule has 106 valence electrons. The first-order valence-corrected chi connectivity index (χ1v) is 5.93. The lowest BCUT2D eigenvalue weighted by Crippen LogP contribution is -2.19. The molecular formula is C12H16ClFN2O3. The Labute approximate surface area is 116 Å². The Morgan fingerprint density at radius 2 is 2.00 bits per heavy atom. The fourth-order valence-electron chi connectivity index (χ4n) is 2.54. The minimum Gasteiger partial charge on any atom is -0.505 e. The van der Waals surface area contributed by atoms with Crippen molar-refractivity contribution in [2.75, 3.05) is 0 Å². The smallest absolute Gasteiger partial charge is 0.272 e. The molecule has 7 heteroatoms. The lowest BCUT2D eigenvalue weighted by atomic mass is 9.91. The van der Waals surface area contributed by atoms with E-state index < -0.39 is 22.5 Å². The fourth-order valence-corrected chi connectivity index (χ4v) is 2.54. The maximum Gasteiger partial charge on any atom is 0.272 e. The van der Waals surface area contributed by atoms with E-state index in [-0.39, 0.29) is 29.6 Å². The molecule has 1 saturated carbocycles. The molecule has 5 nitrogen and oxygen atoms in total. The van der Waals surface area contributed by atoms with Crippen molar-refractivity contribution in [1.82, 2.24) is 0 Å². The molecular weight excluding hydrogens is 275 g/mol. The third-order valence-electron chi connectivity index (χ3n) is 3.56. The first kappa shape index (κ1) is 15.7.